The summed E-state index contributed by atoms with van der Waals surface area (Å²) in [5.41, 5.74) is 4.13. The van der Waals surface area contributed by atoms with E-state index in [1.54, 1.807) is 0 Å². The molecule has 0 amide bonds. The van der Waals surface area contributed by atoms with Crippen LogP contribution in [0.3, 0.4) is 0 Å². The topological polar surface area (TPSA) is 53.6 Å². The number of aromatic amines is 1. The summed E-state index contributed by atoms with van der Waals surface area (Å²) < 4.78 is 0. The van der Waals surface area contributed by atoms with Crippen LogP contribution in [-0.2, 0) is 0 Å². The minimum Gasteiger partial charge on any atom is -0.326 e. The van der Waals surface area contributed by atoms with E-state index in [1.165, 1.54) is 18.4 Å². The highest BCUT2D eigenvalue weighted by Crippen LogP contribution is 2.25. The zero-order chi connectivity index (χ0) is 14.1. The first-order valence-corrected chi connectivity index (χ1v) is 7.52. The molecule has 1 atom stereocenters. The van der Waals surface area contributed by atoms with Crippen LogP contribution >= 0.6 is 0 Å². The van der Waals surface area contributed by atoms with Crippen LogP contribution in [0.2, 0.25) is 0 Å². The second-order valence-corrected chi connectivity index (χ2v) is 5.62. The molecule has 2 aromatic heterocycles. The Hall–Kier alpha value is -2.20. The fourth-order valence-corrected chi connectivity index (χ4v) is 2.98. The Morgan fingerprint density at radius 3 is 2.81 bits per heavy atom. The Morgan fingerprint density at radius 1 is 1.10 bits per heavy atom. The Bertz CT molecular complexity index is 742. The van der Waals surface area contributed by atoms with Gasteiger partial charge >= 0.3 is 0 Å². The average molecular weight is 278 g/mol. The number of nitrogens with zero attached hydrogens (tertiary/aromatic N) is 2. The lowest BCUT2D eigenvalue weighted by molar-refractivity contribution is 0.449. The molecule has 4 rings (SSSR count). The molecule has 1 fully saturated rings. The van der Waals surface area contributed by atoms with Gasteiger partial charge in [0.05, 0.1) is 0 Å². The van der Waals surface area contributed by atoms with Gasteiger partial charge in [0, 0.05) is 24.2 Å². The highest BCUT2D eigenvalue weighted by Gasteiger charge is 2.19. The van der Waals surface area contributed by atoms with E-state index in [9.17, 15) is 0 Å². The van der Waals surface area contributed by atoms with Crippen molar-refractivity contribution in [2.24, 2.45) is 0 Å². The molecule has 0 aliphatic carbocycles. The van der Waals surface area contributed by atoms with E-state index in [-0.39, 0.29) is 0 Å². The van der Waals surface area contributed by atoms with Crippen LogP contribution in [0.4, 0.5) is 0 Å². The van der Waals surface area contributed by atoms with E-state index in [1.807, 2.05) is 24.4 Å². The van der Waals surface area contributed by atoms with Gasteiger partial charge in [-0.2, -0.15) is 0 Å². The summed E-state index contributed by atoms with van der Waals surface area (Å²) in [5, 5.41) is 3.43. The molecule has 1 aliphatic rings. The van der Waals surface area contributed by atoms with Crippen LogP contribution in [0.25, 0.3) is 22.3 Å². The molecule has 4 nitrogen and oxygen atoms in total. The number of fused-ring (bicyclic) bond motifs is 1. The molecule has 106 valence electrons. The van der Waals surface area contributed by atoms with Crippen LogP contribution in [0.15, 0.2) is 42.6 Å². The fourth-order valence-electron chi connectivity index (χ4n) is 2.98. The summed E-state index contributed by atoms with van der Waals surface area (Å²) in [7, 11) is 0. The Kier molecular flexibility index (Phi) is 3.16. The molecule has 0 bridgehead atoms. The number of rotatable bonds is 2. The van der Waals surface area contributed by atoms with Crippen molar-refractivity contribution in [1.29, 1.82) is 0 Å². The first-order chi connectivity index (χ1) is 10.4. The molecule has 1 unspecified atom stereocenters. The summed E-state index contributed by atoms with van der Waals surface area (Å²) in [4.78, 5) is 12.7. The van der Waals surface area contributed by atoms with Crippen molar-refractivity contribution in [3.8, 4) is 11.1 Å². The molecule has 1 saturated heterocycles. The van der Waals surface area contributed by atoms with Crippen molar-refractivity contribution in [1.82, 2.24) is 20.3 Å². The molecule has 1 aliphatic heterocycles. The third-order valence-electron chi connectivity index (χ3n) is 4.15. The van der Waals surface area contributed by atoms with Crippen molar-refractivity contribution in [3.05, 3.63) is 48.4 Å². The number of benzene rings is 1. The van der Waals surface area contributed by atoms with Crippen molar-refractivity contribution in [3.63, 3.8) is 0 Å². The van der Waals surface area contributed by atoms with E-state index < -0.39 is 0 Å². The predicted molar refractivity (Wildman–Crippen MR) is 84.2 cm³/mol. The summed E-state index contributed by atoms with van der Waals surface area (Å²) in [5.74, 6) is 1.54. The highest BCUT2D eigenvalue weighted by atomic mass is 15.0. The lowest BCUT2D eigenvalue weighted by Crippen LogP contribution is -2.28. The third kappa shape index (κ3) is 2.43. The van der Waals surface area contributed by atoms with Gasteiger partial charge in [-0.05, 0) is 31.0 Å². The van der Waals surface area contributed by atoms with Crippen molar-refractivity contribution in [2.45, 2.75) is 18.8 Å². The Balaban J connectivity index is 1.71. The van der Waals surface area contributed by atoms with Crippen LogP contribution in [0.1, 0.15) is 24.6 Å². The van der Waals surface area contributed by atoms with Crippen molar-refractivity contribution >= 4 is 11.2 Å². The lowest BCUT2D eigenvalue weighted by atomic mass is 9.99. The fraction of sp³-hybridized carbons (Fsp3) is 0.294. The van der Waals surface area contributed by atoms with Gasteiger partial charge in [0.1, 0.15) is 11.3 Å². The molecular formula is C17H18N4. The lowest BCUT2D eigenvalue weighted by Gasteiger charge is -2.20. The normalized spacial score (nSPS) is 19.0. The standard InChI is InChI=1S/C17H18N4/c1-2-5-12(6-3-1)14-9-15-17(19-11-14)21-16(20-15)13-7-4-8-18-10-13/h1-3,5-6,9,11,13,18H,4,7-8,10H2,(H,19,20,21). The maximum atomic E-state index is 4.76. The monoisotopic (exact) mass is 278 g/mol. The van der Waals surface area contributed by atoms with Gasteiger partial charge in [-0.25, -0.2) is 9.97 Å². The number of H-pyrrole nitrogens is 1. The molecule has 0 spiro atoms. The number of imidazole rings is 1. The maximum absolute atomic E-state index is 4.76. The second-order valence-electron chi connectivity index (χ2n) is 5.62. The van der Waals surface area contributed by atoms with Gasteiger partial charge in [0.2, 0.25) is 0 Å². The van der Waals surface area contributed by atoms with E-state index in [2.05, 4.69) is 33.5 Å². The Morgan fingerprint density at radius 2 is 2.00 bits per heavy atom. The summed E-state index contributed by atoms with van der Waals surface area (Å²) >= 11 is 0. The molecule has 0 radical (unpaired) electrons. The zero-order valence-corrected chi connectivity index (χ0v) is 11.8. The molecule has 2 N–H and O–H groups in total. The van der Waals surface area contributed by atoms with Crippen LogP contribution in [-0.4, -0.2) is 28.0 Å². The molecule has 1 aromatic carbocycles. The van der Waals surface area contributed by atoms with E-state index in [0.717, 1.165) is 35.6 Å². The molecular weight excluding hydrogens is 260 g/mol. The van der Waals surface area contributed by atoms with Gasteiger partial charge < -0.3 is 10.3 Å². The maximum Gasteiger partial charge on any atom is 0.157 e. The van der Waals surface area contributed by atoms with Crippen molar-refractivity contribution in [2.75, 3.05) is 13.1 Å². The number of aromatic nitrogens is 3. The summed E-state index contributed by atoms with van der Waals surface area (Å²) in [6.07, 6.45) is 4.32. The minimum absolute atomic E-state index is 0.480. The van der Waals surface area contributed by atoms with Crippen LogP contribution in [0.5, 0.6) is 0 Å². The van der Waals surface area contributed by atoms with E-state index >= 15 is 0 Å². The van der Waals surface area contributed by atoms with Crippen LogP contribution in [0, 0.1) is 0 Å². The minimum atomic E-state index is 0.480. The van der Waals surface area contributed by atoms with Gasteiger partial charge in [-0.3, -0.25) is 0 Å². The first kappa shape index (κ1) is 12.5. The molecule has 0 saturated carbocycles. The first-order valence-electron chi connectivity index (χ1n) is 7.52. The second kappa shape index (κ2) is 5.30. The van der Waals surface area contributed by atoms with Gasteiger partial charge in [0.15, 0.2) is 5.65 Å². The molecule has 3 aromatic rings. The summed E-state index contributed by atoms with van der Waals surface area (Å²) in [6.45, 7) is 2.12. The predicted octanol–water partition coefficient (Wildman–Crippen LogP) is 3.09. The molecule has 21 heavy (non-hydrogen) atoms. The largest absolute Gasteiger partial charge is 0.326 e. The average Bonchev–Trinajstić information content (AvgIpc) is 2.99. The number of nitrogens with one attached hydrogen (secondary N) is 2. The molecule has 3 heterocycles. The number of hydrogen-bond donors (Lipinski definition) is 2. The Labute approximate surface area is 123 Å². The van der Waals surface area contributed by atoms with Gasteiger partial charge in [-0.15, -0.1) is 0 Å². The van der Waals surface area contributed by atoms with E-state index in [4.69, 9.17) is 4.98 Å². The number of hydrogen-bond acceptors (Lipinski definition) is 3. The smallest absolute Gasteiger partial charge is 0.157 e. The zero-order valence-electron chi connectivity index (χ0n) is 11.8. The van der Waals surface area contributed by atoms with Crippen LogP contribution < -0.4 is 5.32 Å². The van der Waals surface area contributed by atoms with Crippen molar-refractivity contribution < 1.29 is 0 Å². The third-order valence-corrected chi connectivity index (χ3v) is 4.15. The van der Waals surface area contributed by atoms with Gasteiger partial charge in [-0.1, -0.05) is 30.3 Å². The van der Waals surface area contributed by atoms with E-state index in [0.29, 0.717) is 5.92 Å². The molecule has 4 heteroatoms. The number of pyridine rings is 1. The number of piperidine rings is 1. The quantitative estimate of drug-likeness (QED) is 0.757. The van der Waals surface area contributed by atoms with Gasteiger partial charge in [0.25, 0.3) is 0 Å². The highest BCUT2D eigenvalue weighted by molar-refractivity contribution is 5.78. The SMILES string of the molecule is c1ccc(-c2cnc3[nH]c(C4CCCNC4)nc3c2)cc1. The summed E-state index contributed by atoms with van der Waals surface area (Å²) in [6, 6.07) is 12.4.